The van der Waals surface area contributed by atoms with Crippen molar-refractivity contribution in [1.82, 2.24) is 19.7 Å². The lowest BCUT2D eigenvalue weighted by molar-refractivity contribution is 0.0369. The van der Waals surface area contributed by atoms with Crippen molar-refractivity contribution < 1.29 is 19.4 Å². The summed E-state index contributed by atoms with van der Waals surface area (Å²) in [4.78, 5) is 21.5. The van der Waals surface area contributed by atoms with Crippen molar-refractivity contribution in [3.63, 3.8) is 0 Å². The van der Waals surface area contributed by atoms with Gasteiger partial charge >= 0.3 is 0 Å². The average molecular weight is 476 g/mol. The van der Waals surface area contributed by atoms with Crippen LogP contribution in [0, 0.1) is 12.8 Å². The van der Waals surface area contributed by atoms with Crippen molar-refractivity contribution in [2.45, 2.75) is 58.3 Å². The largest absolute Gasteiger partial charge is 0.444 e. The molecule has 0 radical (unpaired) electrons. The molecule has 0 aliphatic heterocycles. The Morgan fingerprint density at radius 3 is 2.80 bits per heavy atom. The second-order valence-electron chi connectivity index (χ2n) is 9.87. The maximum Gasteiger partial charge on any atom is 0.277 e. The number of carbonyl (C=O) groups is 1. The molecule has 5 rings (SSSR count). The third kappa shape index (κ3) is 4.96. The molecule has 1 aliphatic carbocycles. The highest BCUT2D eigenvalue weighted by atomic mass is 16.3. The van der Waals surface area contributed by atoms with Gasteiger partial charge in [-0.1, -0.05) is 0 Å². The maximum atomic E-state index is 13.0. The monoisotopic (exact) mass is 475 g/mol. The summed E-state index contributed by atoms with van der Waals surface area (Å²) in [7, 11) is 0. The molecule has 9 nitrogen and oxygen atoms in total. The highest BCUT2D eigenvalue weighted by Crippen LogP contribution is 2.33. The highest BCUT2D eigenvalue weighted by Gasteiger charge is 2.27. The molecular weight excluding hydrogens is 446 g/mol. The first-order valence-electron chi connectivity index (χ1n) is 11.8. The van der Waals surface area contributed by atoms with Crippen molar-refractivity contribution in [1.29, 1.82) is 0 Å². The summed E-state index contributed by atoms with van der Waals surface area (Å²) in [5.41, 5.74) is 2.27. The Morgan fingerprint density at radius 1 is 1.29 bits per heavy atom. The van der Waals surface area contributed by atoms with E-state index in [-0.39, 0.29) is 11.8 Å². The molecule has 182 valence electrons. The van der Waals surface area contributed by atoms with Crippen LogP contribution in [0.5, 0.6) is 0 Å². The number of anilines is 1. The first-order chi connectivity index (χ1) is 16.7. The maximum absolute atomic E-state index is 13.0. The number of aromatic nitrogens is 4. The Labute approximate surface area is 202 Å². The van der Waals surface area contributed by atoms with Crippen molar-refractivity contribution in [2.75, 3.05) is 5.32 Å². The van der Waals surface area contributed by atoms with Crippen LogP contribution in [0.2, 0.25) is 0 Å². The molecule has 1 saturated carbocycles. The van der Waals surface area contributed by atoms with Gasteiger partial charge in [0.15, 0.2) is 5.69 Å². The molecule has 0 bridgehead atoms. The summed E-state index contributed by atoms with van der Waals surface area (Å²) in [6.07, 6.45) is 7.42. The number of hydrogen-bond acceptors (Lipinski definition) is 7. The van der Waals surface area contributed by atoms with Crippen LogP contribution < -0.4 is 5.32 Å². The third-order valence-electron chi connectivity index (χ3n) is 6.46. The van der Waals surface area contributed by atoms with Crippen LogP contribution in [0.15, 0.2) is 47.3 Å². The van der Waals surface area contributed by atoms with Gasteiger partial charge in [0.25, 0.3) is 5.91 Å². The van der Waals surface area contributed by atoms with Gasteiger partial charge in [-0.25, -0.2) is 4.98 Å². The van der Waals surface area contributed by atoms with E-state index in [1.165, 1.54) is 6.26 Å². The van der Waals surface area contributed by atoms with E-state index in [9.17, 15) is 15.0 Å². The van der Waals surface area contributed by atoms with E-state index in [1.807, 2.05) is 36.0 Å². The summed E-state index contributed by atoms with van der Waals surface area (Å²) in [5.74, 6) is 0.424. The predicted molar refractivity (Wildman–Crippen MR) is 131 cm³/mol. The van der Waals surface area contributed by atoms with E-state index in [1.54, 1.807) is 26.1 Å². The molecule has 3 heterocycles. The molecule has 1 aliphatic rings. The first-order valence-corrected chi connectivity index (χ1v) is 11.8. The van der Waals surface area contributed by atoms with Crippen molar-refractivity contribution in [3.8, 4) is 11.5 Å². The predicted octanol–water partition coefficient (Wildman–Crippen LogP) is 4.04. The molecular formula is C26H29N5O4. The highest BCUT2D eigenvalue weighted by molar-refractivity contribution is 6.04. The number of nitrogens with zero attached hydrogens (tertiary/aromatic N) is 4. The molecule has 9 heteroatoms. The molecule has 0 atom stereocenters. The number of pyridine rings is 1. The summed E-state index contributed by atoms with van der Waals surface area (Å²) in [6, 6.07) is 7.23. The van der Waals surface area contributed by atoms with Gasteiger partial charge in [-0.2, -0.15) is 5.10 Å². The minimum Gasteiger partial charge on any atom is -0.444 e. The number of fused-ring (bicyclic) bond motifs is 1. The van der Waals surface area contributed by atoms with Crippen molar-refractivity contribution in [3.05, 3.63) is 59.9 Å². The summed E-state index contributed by atoms with van der Waals surface area (Å²) < 4.78 is 7.41. The van der Waals surface area contributed by atoms with Crippen LogP contribution in [0.25, 0.3) is 22.4 Å². The van der Waals surface area contributed by atoms with E-state index >= 15 is 0 Å². The molecule has 0 saturated heterocycles. The van der Waals surface area contributed by atoms with Crippen LogP contribution in [0.3, 0.4) is 0 Å². The fourth-order valence-electron chi connectivity index (χ4n) is 4.47. The fourth-order valence-corrected chi connectivity index (χ4v) is 4.47. The molecule has 0 spiro atoms. The van der Waals surface area contributed by atoms with Crippen molar-refractivity contribution in [2.24, 2.45) is 5.92 Å². The average Bonchev–Trinajstić information content (AvgIpc) is 3.41. The Morgan fingerprint density at radius 2 is 2.09 bits per heavy atom. The van der Waals surface area contributed by atoms with Gasteiger partial charge in [-0.05, 0) is 70.2 Å². The van der Waals surface area contributed by atoms with Crippen molar-refractivity contribution >= 4 is 22.5 Å². The van der Waals surface area contributed by atoms with Gasteiger partial charge in [0.1, 0.15) is 6.26 Å². The second kappa shape index (κ2) is 8.90. The minimum atomic E-state index is -1.20. The number of carbonyl (C=O) groups excluding carboxylic acids is 1. The zero-order chi connectivity index (χ0) is 24.7. The van der Waals surface area contributed by atoms with E-state index in [4.69, 9.17) is 4.42 Å². The molecule has 35 heavy (non-hydrogen) atoms. The topological polar surface area (TPSA) is 126 Å². The zero-order valence-electron chi connectivity index (χ0n) is 20.0. The Balaban J connectivity index is 1.38. The quantitative estimate of drug-likeness (QED) is 0.368. The fraction of sp³-hybridized carbons (Fsp3) is 0.385. The molecule has 0 unspecified atom stereocenters. The molecule has 1 aromatic carbocycles. The third-order valence-corrected chi connectivity index (χ3v) is 6.46. The first kappa shape index (κ1) is 23.2. The zero-order valence-corrected chi connectivity index (χ0v) is 20.0. The lowest BCUT2D eigenvalue weighted by atomic mass is 9.80. The smallest absolute Gasteiger partial charge is 0.277 e. The molecule has 3 aromatic heterocycles. The Bertz CT molecular complexity index is 1380. The number of aliphatic hydroxyl groups excluding tert-OH is 1. The van der Waals surface area contributed by atoms with Gasteiger partial charge in [-0.15, -0.1) is 0 Å². The Hall–Kier alpha value is -3.56. The van der Waals surface area contributed by atoms with Gasteiger partial charge in [0.2, 0.25) is 5.89 Å². The molecule has 1 fully saturated rings. The number of oxazole rings is 1. The van der Waals surface area contributed by atoms with Crippen LogP contribution in [-0.4, -0.2) is 42.0 Å². The SMILES string of the molecule is Cc1cc(-c2nc(C(=O)Nc3cc4cn(CCC5CC(O)C5)nc4cc3C(C)(C)O)co2)ccn1. The standard InChI is InChI=1S/C26H29N5O4/c1-15-8-17(4-6-27-15)25-29-23(14-35-25)24(33)28-22-11-18-13-31(7-5-16-9-19(32)10-16)30-21(18)12-20(22)26(2,3)34/h4,6,8,11-14,16,19,32,34H,5,7,9-10H2,1-3H3,(H,28,33). The van der Waals surface area contributed by atoms with Crippen LogP contribution in [-0.2, 0) is 12.1 Å². The number of amides is 1. The number of aryl methyl sites for hydroxylation is 2. The van der Waals surface area contributed by atoms with E-state index in [0.717, 1.165) is 48.0 Å². The summed E-state index contributed by atoms with van der Waals surface area (Å²) in [5, 5.41) is 28.7. The summed E-state index contributed by atoms with van der Waals surface area (Å²) >= 11 is 0. The lowest BCUT2D eigenvalue weighted by Crippen LogP contribution is -2.29. The number of hydrogen-bond donors (Lipinski definition) is 3. The van der Waals surface area contributed by atoms with Gasteiger partial charge < -0.3 is 19.9 Å². The van der Waals surface area contributed by atoms with Crippen LogP contribution in [0.4, 0.5) is 5.69 Å². The lowest BCUT2D eigenvalue weighted by Gasteiger charge is -2.31. The molecule has 3 N–H and O–H groups in total. The second-order valence-corrected chi connectivity index (χ2v) is 9.87. The number of benzene rings is 1. The number of rotatable bonds is 7. The Kier molecular flexibility index (Phi) is 5.90. The molecule has 1 amide bonds. The van der Waals surface area contributed by atoms with Gasteiger partial charge in [0, 0.05) is 46.8 Å². The normalized spacial score (nSPS) is 18.0. The summed E-state index contributed by atoms with van der Waals surface area (Å²) in [6.45, 7) is 5.96. The molecule has 4 aromatic rings. The van der Waals surface area contributed by atoms with E-state index < -0.39 is 11.5 Å². The van der Waals surface area contributed by atoms with E-state index in [2.05, 4.69) is 20.4 Å². The number of nitrogens with one attached hydrogen (secondary N) is 1. The van der Waals surface area contributed by atoms with E-state index in [0.29, 0.717) is 23.1 Å². The van der Waals surface area contributed by atoms with Gasteiger partial charge in [0.05, 0.1) is 17.2 Å². The number of aliphatic hydroxyl groups is 2. The van der Waals surface area contributed by atoms with Crippen LogP contribution >= 0.6 is 0 Å². The minimum absolute atomic E-state index is 0.134. The van der Waals surface area contributed by atoms with Gasteiger partial charge in [-0.3, -0.25) is 14.5 Å². The van der Waals surface area contributed by atoms with Crippen LogP contribution in [0.1, 0.15) is 54.9 Å².